The van der Waals surface area contributed by atoms with Crippen LogP contribution in [0.2, 0.25) is 0 Å². The Hall–Kier alpha value is -1.78. The first-order valence-electron chi connectivity index (χ1n) is 11.9. The molecule has 0 spiro atoms. The van der Waals surface area contributed by atoms with Gasteiger partial charge in [0.2, 0.25) is 5.91 Å². The Balaban J connectivity index is 2.95. The highest BCUT2D eigenvalue weighted by Gasteiger charge is 2.46. The first-order chi connectivity index (χ1) is 14.3. The fraction of sp³-hybridized carbons (Fsp3) is 0.769. The van der Waals surface area contributed by atoms with Gasteiger partial charge in [-0.15, -0.1) is 0 Å². The van der Waals surface area contributed by atoms with Crippen LogP contribution in [-0.4, -0.2) is 28.4 Å². The predicted octanol–water partition coefficient (Wildman–Crippen LogP) is 6.40. The van der Waals surface area contributed by atoms with Gasteiger partial charge in [-0.2, -0.15) is 0 Å². The van der Waals surface area contributed by atoms with Crippen LogP contribution in [0.15, 0.2) is 22.7 Å². The number of unbranched alkanes of at least 4 members (excludes halogenated alkanes) is 4. The second-order valence-electron chi connectivity index (χ2n) is 10.7. The van der Waals surface area contributed by atoms with Crippen molar-refractivity contribution >= 4 is 11.7 Å². The topological polar surface area (TPSA) is 86.6 Å². The van der Waals surface area contributed by atoms with Crippen LogP contribution >= 0.6 is 0 Å². The van der Waals surface area contributed by atoms with Gasteiger partial charge in [-0.1, -0.05) is 67.2 Å². The fourth-order valence-electron chi connectivity index (χ4n) is 5.33. The van der Waals surface area contributed by atoms with Crippen LogP contribution in [0.1, 0.15) is 100 Å². The van der Waals surface area contributed by atoms with Crippen molar-refractivity contribution in [2.45, 2.75) is 100 Å². The first kappa shape index (κ1) is 27.3. The summed E-state index contributed by atoms with van der Waals surface area (Å²) in [5.41, 5.74) is 0.154. The van der Waals surface area contributed by atoms with Crippen LogP contribution in [0.4, 0.5) is 0 Å². The molecule has 1 aliphatic rings. The molecule has 5 nitrogen and oxygen atoms in total. The van der Waals surface area contributed by atoms with E-state index in [1.807, 2.05) is 34.6 Å². The predicted molar refractivity (Wildman–Crippen MR) is 127 cm³/mol. The van der Waals surface area contributed by atoms with E-state index in [4.69, 9.17) is 0 Å². The molecular weight excluding hydrogens is 390 g/mol. The Morgan fingerprint density at radius 1 is 0.968 bits per heavy atom. The van der Waals surface area contributed by atoms with Crippen molar-refractivity contribution in [1.82, 2.24) is 5.32 Å². The monoisotopic (exact) mass is 435 g/mol. The summed E-state index contributed by atoms with van der Waals surface area (Å²) in [6.07, 6.45) is 6.29. The van der Waals surface area contributed by atoms with E-state index in [-0.39, 0.29) is 41.5 Å². The van der Waals surface area contributed by atoms with Crippen LogP contribution in [0, 0.1) is 22.7 Å². The summed E-state index contributed by atoms with van der Waals surface area (Å²) < 4.78 is 0. The average molecular weight is 436 g/mol. The van der Waals surface area contributed by atoms with E-state index in [9.17, 15) is 19.8 Å². The number of hydrogen-bond acceptors (Lipinski definition) is 4. The van der Waals surface area contributed by atoms with Crippen LogP contribution in [0.25, 0.3) is 0 Å². The lowest BCUT2D eigenvalue weighted by Crippen LogP contribution is -2.40. The standard InChI is InChI=1S/C26H45NO4/c1-9-10-11-12-13-14-27-20(29)16-26(7,8)22-19(4)23(30)21(18(3)24(22)31)25(5,6)15-17(2)28/h19,22,30-31H,9-16H2,1-8H3,(H,27,29). The van der Waals surface area contributed by atoms with Crippen molar-refractivity contribution in [3.63, 3.8) is 0 Å². The van der Waals surface area contributed by atoms with Gasteiger partial charge in [0.25, 0.3) is 0 Å². The van der Waals surface area contributed by atoms with Crippen molar-refractivity contribution < 1.29 is 19.8 Å². The summed E-state index contributed by atoms with van der Waals surface area (Å²) in [4.78, 5) is 24.3. The molecule has 0 aromatic carbocycles. The zero-order chi connectivity index (χ0) is 24.0. The van der Waals surface area contributed by atoms with Crippen LogP contribution < -0.4 is 5.32 Å². The molecule has 5 heteroatoms. The van der Waals surface area contributed by atoms with Crippen LogP contribution in [0.3, 0.4) is 0 Å². The van der Waals surface area contributed by atoms with Gasteiger partial charge >= 0.3 is 0 Å². The number of aliphatic hydroxyl groups excluding tert-OH is 2. The number of hydrogen-bond donors (Lipinski definition) is 3. The van der Waals surface area contributed by atoms with E-state index in [0.29, 0.717) is 24.1 Å². The fourth-order valence-corrected chi connectivity index (χ4v) is 5.33. The lowest BCUT2D eigenvalue weighted by atomic mass is 9.62. The minimum Gasteiger partial charge on any atom is -0.512 e. The smallest absolute Gasteiger partial charge is 0.220 e. The second kappa shape index (κ2) is 11.2. The molecule has 0 bridgehead atoms. The van der Waals surface area contributed by atoms with Crippen LogP contribution in [-0.2, 0) is 9.59 Å². The van der Waals surface area contributed by atoms with Crippen LogP contribution in [0.5, 0.6) is 0 Å². The van der Waals surface area contributed by atoms with Crippen molar-refractivity contribution in [2.75, 3.05) is 6.54 Å². The zero-order valence-corrected chi connectivity index (χ0v) is 21.0. The molecule has 0 aromatic rings. The Morgan fingerprint density at radius 2 is 1.55 bits per heavy atom. The van der Waals surface area contributed by atoms with E-state index < -0.39 is 10.8 Å². The summed E-state index contributed by atoms with van der Waals surface area (Å²) >= 11 is 0. The number of nitrogens with one attached hydrogen (secondary N) is 1. The normalized spacial score (nSPS) is 20.3. The zero-order valence-electron chi connectivity index (χ0n) is 21.0. The highest BCUT2D eigenvalue weighted by Crippen LogP contribution is 2.51. The highest BCUT2D eigenvalue weighted by molar-refractivity contribution is 5.77. The van der Waals surface area contributed by atoms with Gasteiger partial charge in [0.05, 0.1) is 11.5 Å². The Labute approximate surface area is 189 Å². The molecule has 3 N–H and O–H groups in total. The Kier molecular flexibility index (Phi) is 9.84. The lowest BCUT2D eigenvalue weighted by Gasteiger charge is -2.43. The number of ketones is 1. The molecule has 178 valence electrons. The van der Waals surface area contributed by atoms with Gasteiger partial charge in [0.1, 0.15) is 5.78 Å². The summed E-state index contributed by atoms with van der Waals surface area (Å²) in [7, 11) is 0. The maximum Gasteiger partial charge on any atom is 0.220 e. The minimum atomic E-state index is -0.577. The van der Waals surface area contributed by atoms with E-state index in [1.165, 1.54) is 19.3 Å². The molecule has 0 heterocycles. The molecule has 1 rings (SSSR count). The maximum absolute atomic E-state index is 12.6. The van der Waals surface area contributed by atoms with E-state index in [0.717, 1.165) is 12.8 Å². The number of amides is 1. The largest absolute Gasteiger partial charge is 0.512 e. The molecule has 31 heavy (non-hydrogen) atoms. The number of Topliss-reactive ketones (excluding diaryl/α,β-unsaturated/α-hetero) is 1. The van der Waals surface area contributed by atoms with Crippen molar-refractivity contribution in [3.8, 4) is 0 Å². The molecule has 2 atom stereocenters. The van der Waals surface area contributed by atoms with E-state index in [1.54, 1.807) is 13.8 Å². The molecule has 0 radical (unpaired) electrons. The van der Waals surface area contributed by atoms with Gasteiger partial charge in [0.15, 0.2) is 0 Å². The number of rotatable bonds is 12. The third kappa shape index (κ3) is 7.11. The molecule has 1 amide bonds. The molecule has 0 saturated carbocycles. The van der Waals surface area contributed by atoms with E-state index in [2.05, 4.69) is 12.2 Å². The van der Waals surface area contributed by atoms with Crippen molar-refractivity contribution in [2.24, 2.45) is 22.7 Å². The summed E-state index contributed by atoms with van der Waals surface area (Å²) in [6, 6.07) is 0. The quantitative estimate of drug-likeness (QED) is 0.309. The van der Waals surface area contributed by atoms with Crippen molar-refractivity contribution in [3.05, 3.63) is 22.7 Å². The number of allylic oxidation sites excluding steroid dienone is 4. The minimum absolute atomic E-state index is 0.0238. The Morgan fingerprint density at radius 3 is 2.10 bits per heavy atom. The van der Waals surface area contributed by atoms with Gasteiger partial charge in [-0.3, -0.25) is 9.59 Å². The maximum atomic E-state index is 12.6. The van der Waals surface area contributed by atoms with Gasteiger partial charge in [-0.25, -0.2) is 0 Å². The van der Waals surface area contributed by atoms with Crippen molar-refractivity contribution in [1.29, 1.82) is 0 Å². The number of carbonyl (C=O) groups is 2. The molecule has 0 aliphatic heterocycles. The van der Waals surface area contributed by atoms with Gasteiger partial charge < -0.3 is 15.5 Å². The lowest BCUT2D eigenvalue weighted by molar-refractivity contribution is -0.124. The summed E-state index contributed by atoms with van der Waals surface area (Å²) in [6.45, 7) is 15.9. The molecule has 0 saturated heterocycles. The molecule has 2 unspecified atom stereocenters. The Bertz CT molecular complexity index is 715. The molecule has 0 fully saturated rings. The SMILES string of the molecule is CCCCCCCNC(=O)CC(C)(C)C1C(O)=C(C)C(C(C)(C)CC(C)=O)=C(O)C1C. The summed E-state index contributed by atoms with van der Waals surface area (Å²) in [5.74, 6) is -0.268. The number of carbonyl (C=O) groups excluding carboxylic acids is 2. The number of aliphatic hydroxyl groups is 2. The second-order valence-corrected chi connectivity index (χ2v) is 10.7. The highest BCUT2D eigenvalue weighted by atomic mass is 16.3. The molecule has 0 aromatic heterocycles. The van der Waals surface area contributed by atoms with Gasteiger partial charge in [0, 0.05) is 42.2 Å². The van der Waals surface area contributed by atoms with E-state index >= 15 is 0 Å². The molecular formula is C26H45NO4. The van der Waals surface area contributed by atoms with Gasteiger partial charge in [-0.05, 0) is 31.3 Å². The third-order valence-corrected chi connectivity index (χ3v) is 6.67. The summed E-state index contributed by atoms with van der Waals surface area (Å²) in [5, 5.41) is 25.3. The third-order valence-electron chi connectivity index (χ3n) is 6.67. The average Bonchev–Trinajstić information content (AvgIpc) is 2.61. The molecule has 1 aliphatic carbocycles. The first-order valence-corrected chi connectivity index (χ1v) is 11.9.